The van der Waals surface area contributed by atoms with Crippen LogP contribution >= 0.6 is 0 Å². The lowest BCUT2D eigenvalue weighted by atomic mass is 9.98. The lowest BCUT2D eigenvalue weighted by Gasteiger charge is -2.27. The van der Waals surface area contributed by atoms with E-state index in [9.17, 15) is 8.42 Å². The third kappa shape index (κ3) is 2.96. The predicted octanol–water partition coefficient (Wildman–Crippen LogP) is 1.87. The molecule has 5 nitrogen and oxygen atoms in total. The molecule has 22 heavy (non-hydrogen) atoms. The third-order valence-electron chi connectivity index (χ3n) is 3.61. The molecular formula is C16H15N3O2S. The van der Waals surface area contributed by atoms with Crippen LogP contribution in [0.25, 0.3) is 0 Å². The van der Waals surface area contributed by atoms with Gasteiger partial charge in [-0.1, -0.05) is 18.2 Å². The van der Waals surface area contributed by atoms with E-state index in [0.717, 1.165) is 11.3 Å². The summed E-state index contributed by atoms with van der Waals surface area (Å²) in [6.45, 7) is 0.519. The second-order valence-corrected chi connectivity index (χ2v) is 6.91. The summed E-state index contributed by atoms with van der Waals surface area (Å²) in [5.41, 5.74) is 2.48. The Morgan fingerprint density at radius 1 is 1.18 bits per heavy atom. The van der Waals surface area contributed by atoms with Gasteiger partial charge in [-0.25, -0.2) is 13.1 Å². The minimum absolute atomic E-state index is 0.244. The summed E-state index contributed by atoms with van der Waals surface area (Å²) in [5.74, 6) is 0. The fraction of sp³-hybridized carbons (Fsp3) is 0.188. The van der Waals surface area contributed by atoms with Crippen molar-refractivity contribution in [1.29, 1.82) is 5.26 Å². The van der Waals surface area contributed by atoms with E-state index in [-0.39, 0.29) is 10.9 Å². The van der Waals surface area contributed by atoms with Crippen LogP contribution in [0.4, 0.5) is 5.69 Å². The molecule has 2 N–H and O–H groups in total. The smallest absolute Gasteiger partial charge is 0.240 e. The highest BCUT2D eigenvalue weighted by Crippen LogP contribution is 2.23. The Hall–Kier alpha value is -2.36. The van der Waals surface area contributed by atoms with Crippen molar-refractivity contribution in [3.05, 3.63) is 59.7 Å². The van der Waals surface area contributed by atoms with Gasteiger partial charge in [-0.2, -0.15) is 5.26 Å². The number of nitriles is 1. The van der Waals surface area contributed by atoms with Crippen molar-refractivity contribution in [2.45, 2.75) is 17.4 Å². The van der Waals surface area contributed by atoms with Gasteiger partial charge in [0.2, 0.25) is 10.0 Å². The van der Waals surface area contributed by atoms with E-state index in [1.807, 2.05) is 6.07 Å². The molecule has 1 heterocycles. The molecule has 0 aromatic heterocycles. The van der Waals surface area contributed by atoms with E-state index < -0.39 is 10.0 Å². The van der Waals surface area contributed by atoms with Gasteiger partial charge in [0.05, 0.1) is 16.5 Å². The van der Waals surface area contributed by atoms with Gasteiger partial charge in [0, 0.05) is 18.3 Å². The van der Waals surface area contributed by atoms with Crippen molar-refractivity contribution in [2.24, 2.45) is 0 Å². The maximum absolute atomic E-state index is 12.3. The molecule has 0 radical (unpaired) electrons. The number of nitrogens with one attached hydrogen (secondary N) is 2. The van der Waals surface area contributed by atoms with Crippen molar-refractivity contribution in [3.8, 4) is 6.07 Å². The van der Waals surface area contributed by atoms with Crippen molar-refractivity contribution in [1.82, 2.24) is 4.72 Å². The molecule has 112 valence electrons. The zero-order chi connectivity index (χ0) is 15.6. The Morgan fingerprint density at radius 2 is 1.95 bits per heavy atom. The van der Waals surface area contributed by atoms with Crippen LogP contribution in [-0.2, 0) is 16.4 Å². The first-order valence-electron chi connectivity index (χ1n) is 6.93. The average molecular weight is 313 g/mol. The van der Waals surface area contributed by atoms with Crippen molar-refractivity contribution in [3.63, 3.8) is 0 Å². The zero-order valence-corrected chi connectivity index (χ0v) is 12.6. The summed E-state index contributed by atoms with van der Waals surface area (Å²) in [5, 5.41) is 12.2. The fourth-order valence-electron chi connectivity index (χ4n) is 2.55. The van der Waals surface area contributed by atoms with Gasteiger partial charge >= 0.3 is 0 Å². The molecule has 6 heteroatoms. The van der Waals surface area contributed by atoms with Crippen molar-refractivity contribution in [2.75, 3.05) is 11.9 Å². The van der Waals surface area contributed by atoms with E-state index in [2.05, 4.69) is 16.1 Å². The Labute approximate surface area is 129 Å². The third-order valence-corrected chi connectivity index (χ3v) is 5.15. The number of sulfonamides is 1. The highest BCUT2D eigenvalue weighted by Gasteiger charge is 2.24. The van der Waals surface area contributed by atoms with Gasteiger partial charge in [-0.05, 0) is 42.3 Å². The van der Waals surface area contributed by atoms with Crippen LogP contribution in [0.5, 0.6) is 0 Å². The summed E-state index contributed by atoms with van der Waals surface area (Å²) in [6.07, 6.45) is 0.559. The Kier molecular flexibility index (Phi) is 3.84. The lowest BCUT2D eigenvalue weighted by molar-refractivity contribution is 0.548. The van der Waals surface area contributed by atoms with Crippen LogP contribution in [0.2, 0.25) is 0 Å². The molecule has 0 spiro atoms. The Balaban J connectivity index is 1.79. The zero-order valence-electron chi connectivity index (χ0n) is 11.8. The Morgan fingerprint density at radius 3 is 2.68 bits per heavy atom. The van der Waals surface area contributed by atoms with Crippen LogP contribution < -0.4 is 10.0 Å². The number of anilines is 1. The molecule has 0 saturated heterocycles. The highest BCUT2D eigenvalue weighted by atomic mass is 32.2. The second-order valence-electron chi connectivity index (χ2n) is 5.20. The van der Waals surface area contributed by atoms with Crippen LogP contribution in [0.15, 0.2) is 53.4 Å². The molecule has 1 aliphatic heterocycles. The predicted molar refractivity (Wildman–Crippen MR) is 83.9 cm³/mol. The van der Waals surface area contributed by atoms with E-state index in [0.29, 0.717) is 18.5 Å². The van der Waals surface area contributed by atoms with Gasteiger partial charge in [-0.3, -0.25) is 0 Å². The molecule has 0 aliphatic carbocycles. The molecule has 0 bridgehead atoms. The average Bonchev–Trinajstić information content (AvgIpc) is 2.54. The number of hydrogen-bond acceptors (Lipinski definition) is 4. The minimum Gasteiger partial charge on any atom is -0.383 e. The summed E-state index contributed by atoms with van der Waals surface area (Å²) >= 11 is 0. The van der Waals surface area contributed by atoms with Crippen molar-refractivity contribution < 1.29 is 8.42 Å². The van der Waals surface area contributed by atoms with Gasteiger partial charge in [0.25, 0.3) is 0 Å². The van der Waals surface area contributed by atoms with Crippen LogP contribution in [0, 0.1) is 11.3 Å². The Bertz CT molecular complexity index is 826. The number of benzene rings is 2. The SMILES string of the molecule is N#Cc1ccc2c(c1)C[C@@H](NS(=O)(=O)c1ccccc1)CN2. The van der Waals surface area contributed by atoms with E-state index in [1.165, 1.54) is 0 Å². The first kappa shape index (κ1) is 14.6. The molecule has 2 aromatic carbocycles. The number of rotatable bonds is 3. The molecule has 3 rings (SSSR count). The molecule has 1 aliphatic rings. The number of nitrogens with zero attached hydrogens (tertiary/aromatic N) is 1. The van der Waals surface area contributed by atoms with Gasteiger partial charge in [-0.15, -0.1) is 0 Å². The molecule has 2 aromatic rings. The lowest BCUT2D eigenvalue weighted by Crippen LogP contribution is -2.43. The van der Waals surface area contributed by atoms with E-state index in [1.54, 1.807) is 42.5 Å². The van der Waals surface area contributed by atoms with Crippen LogP contribution in [0.1, 0.15) is 11.1 Å². The first-order chi connectivity index (χ1) is 10.6. The molecular weight excluding hydrogens is 298 g/mol. The topological polar surface area (TPSA) is 82.0 Å². The number of hydrogen-bond donors (Lipinski definition) is 2. The van der Waals surface area contributed by atoms with E-state index in [4.69, 9.17) is 5.26 Å². The standard InChI is InChI=1S/C16H15N3O2S/c17-10-12-6-7-16-13(8-12)9-14(11-18-16)19-22(20,21)15-4-2-1-3-5-15/h1-8,14,18-19H,9,11H2/t14-/m1/s1. The minimum atomic E-state index is -3.53. The first-order valence-corrected chi connectivity index (χ1v) is 8.41. The maximum atomic E-state index is 12.3. The largest absolute Gasteiger partial charge is 0.383 e. The molecule has 0 saturated carbocycles. The fourth-order valence-corrected chi connectivity index (χ4v) is 3.80. The number of fused-ring (bicyclic) bond motifs is 1. The van der Waals surface area contributed by atoms with Gasteiger partial charge in [0.1, 0.15) is 0 Å². The highest BCUT2D eigenvalue weighted by molar-refractivity contribution is 7.89. The summed E-state index contributed by atoms with van der Waals surface area (Å²) in [7, 11) is -3.53. The summed E-state index contributed by atoms with van der Waals surface area (Å²) in [4.78, 5) is 0.256. The molecule has 0 unspecified atom stereocenters. The second kappa shape index (κ2) is 5.79. The maximum Gasteiger partial charge on any atom is 0.240 e. The van der Waals surface area contributed by atoms with Crippen LogP contribution in [0.3, 0.4) is 0 Å². The monoisotopic (exact) mass is 313 g/mol. The van der Waals surface area contributed by atoms with Crippen LogP contribution in [-0.4, -0.2) is 21.0 Å². The summed E-state index contributed by atoms with van der Waals surface area (Å²) < 4.78 is 27.4. The normalized spacial score (nSPS) is 17.1. The molecule has 1 atom stereocenters. The van der Waals surface area contributed by atoms with Gasteiger partial charge < -0.3 is 5.32 Å². The van der Waals surface area contributed by atoms with Gasteiger partial charge in [0.15, 0.2) is 0 Å². The molecule has 0 fully saturated rings. The van der Waals surface area contributed by atoms with Crippen molar-refractivity contribution >= 4 is 15.7 Å². The summed E-state index contributed by atoms with van der Waals surface area (Å²) in [6, 6.07) is 15.6. The quantitative estimate of drug-likeness (QED) is 0.906. The molecule has 0 amide bonds. The van der Waals surface area contributed by atoms with E-state index >= 15 is 0 Å².